The van der Waals surface area contributed by atoms with E-state index in [9.17, 15) is 0 Å². The number of hydrogen-bond donors (Lipinski definition) is 1. The highest BCUT2D eigenvalue weighted by molar-refractivity contribution is 4.78. The quantitative estimate of drug-likeness (QED) is 0.653. The molecular formula is C9H19NO2. The fraction of sp³-hybridized carbons (Fsp3) is 1.00. The molecule has 0 heterocycles. The molecule has 1 saturated carbocycles. The van der Waals surface area contributed by atoms with Crippen molar-refractivity contribution in [3.8, 4) is 0 Å². The second-order valence-electron chi connectivity index (χ2n) is 3.22. The van der Waals surface area contributed by atoms with E-state index >= 15 is 0 Å². The summed E-state index contributed by atoms with van der Waals surface area (Å²) in [6.07, 6.45) is 5.22. The van der Waals surface area contributed by atoms with Gasteiger partial charge in [0, 0.05) is 7.11 Å². The first kappa shape index (κ1) is 9.96. The Morgan fingerprint density at radius 1 is 1.33 bits per heavy atom. The molecule has 0 amide bonds. The van der Waals surface area contributed by atoms with Gasteiger partial charge in [-0.05, 0) is 19.8 Å². The third-order valence-corrected chi connectivity index (χ3v) is 2.38. The zero-order valence-electron chi connectivity index (χ0n) is 8.01. The van der Waals surface area contributed by atoms with E-state index in [1.54, 1.807) is 7.11 Å². The van der Waals surface area contributed by atoms with Gasteiger partial charge in [0.05, 0.1) is 18.8 Å². The van der Waals surface area contributed by atoms with Gasteiger partial charge in [0.15, 0.2) is 0 Å². The van der Waals surface area contributed by atoms with Gasteiger partial charge in [-0.1, -0.05) is 12.8 Å². The van der Waals surface area contributed by atoms with Crippen molar-refractivity contribution in [1.29, 1.82) is 0 Å². The minimum Gasteiger partial charge on any atom is -0.380 e. The van der Waals surface area contributed by atoms with Gasteiger partial charge < -0.3 is 9.57 Å². The summed E-state index contributed by atoms with van der Waals surface area (Å²) in [5, 5.41) is 0. The predicted molar refractivity (Wildman–Crippen MR) is 47.8 cm³/mol. The van der Waals surface area contributed by atoms with Gasteiger partial charge in [-0.25, -0.2) is 0 Å². The normalized spacial score (nSPS) is 30.5. The van der Waals surface area contributed by atoms with Crippen LogP contribution in [0.15, 0.2) is 0 Å². The maximum absolute atomic E-state index is 5.36. The smallest absolute Gasteiger partial charge is 0.0747 e. The molecule has 12 heavy (non-hydrogen) atoms. The van der Waals surface area contributed by atoms with Crippen LogP contribution >= 0.6 is 0 Å². The van der Waals surface area contributed by atoms with Crippen molar-refractivity contribution in [2.75, 3.05) is 13.7 Å². The molecule has 0 radical (unpaired) electrons. The van der Waals surface area contributed by atoms with Crippen molar-refractivity contribution in [3.63, 3.8) is 0 Å². The summed E-state index contributed by atoms with van der Waals surface area (Å²) in [4.78, 5) is 5.18. The molecule has 2 unspecified atom stereocenters. The summed E-state index contributed by atoms with van der Waals surface area (Å²) >= 11 is 0. The van der Waals surface area contributed by atoms with E-state index in [0.717, 1.165) is 6.42 Å². The largest absolute Gasteiger partial charge is 0.380 e. The van der Waals surface area contributed by atoms with E-state index in [1.807, 2.05) is 6.92 Å². The standard InChI is InChI=1S/C9H19NO2/c1-3-12-10-8-6-4-5-7-9(8)11-2/h8-10H,3-7H2,1-2H3. The number of methoxy groups -OCH3 is 1. The molecule has 0 aromatic carbocycles. The third-order valence-electron chi connectivity index (χ3n) is 2.38. The van der Waals surface area contributed by atoms with Gasteiger partial charge >= 0.3 is 0 Å². The van der Waals surface area contributed by atoms with Crippen molar-refractivity contribution in [2.24, 2.45) is 0 Å². The van der Waals surface area contributed by atoms with Crippen LogP contribution in [0.1, 0.15) is 32.6 Å². The summed E-state index contributed by atoms with van der Waals surface area (Å²) < 4.78 is 5.36. The molecule has 3 heteroatoms. The van der Waals surface area contributed by atoms with Crippen molar-refractivity contribution < 1.29 is 9.57 Å². The van der Waals surface area contributed by atoms with Crippen LogP contribution in [-0.2, 0) is 9.57 Å². The minimum atomic E-state index is 0.338. The summed E-state index contributed by atoms with van der Waals surface area (Å²) in [5.41, 5.74) is 3.05. The number of hydroxylamine groups is 1. The Morgan fingerprint density at radius 2 is 2.08 bits per heavy atom. The van der Waals surface area contributed by atoms with Crippen LogP contribution in [0.3, 0.4) is 0 Å². The Morgan fingerprint density at radius 3 is 2.75 bits per heavy atom. The maximum atomic E-state index is 5.36. The SMILES string of the molecule is CCONC1CCCCC1OC. The Kier molecular flexibility index (Phi) is 4.58. The lowest BCUT2D eigenvalue weighted by Crippen LogP contribution is -2.43. The van der Waals surface area contributed by atoms with Gasteiger partial charge in [0.25, 0.3) is 0 Å². The van der Waals surface area contributed by atoms with Crippen LogP contribution in [-0.4, -0.2) is 25.9 Å². The van der Waals surface area contributed by atoms with Crippen molar-refractivity contribution in [2.45, 2.75) is 44.8 Å². The van der Waals surface area contributed by atoms with E-state index in [2.05, 4.69) is 5.48 Å². The van der Waals surface area contributed by atoms with Gasteiger partial charge in [0.1, 0.15) is 0 Å². The summed E-state index contributed by atoms with van der Waals surface area (Å²) in [7, 11) is 1.77. The van der Waals surface area contributed by atoms with Gasteiger partial charge in [-0.15, -0.1) is 0 Å². The molecule has 3 nitrogen and oxygen atoms in total. The zero-order valence-corrected chi connectivity index (χ0v) is 8.01. The molecule has 2 atom stereocenters. The fourth-order valence-electron chi connectivity index (χ4n) is 1.70. The van der Waals surface area contributed by atoms with E-state index in [-0.39, 0.29) is 0 Å². The van der Waals surface area contributed by atoms with Crippen LogP contribution in [0, 0.1) is 0 Å². The van der Waals surface area contributed by atoms with Crippen LogP contribution in [0.5, 0.6) is 0 Å². The van der Waals surface area contributed by atoms with E-state index in [1.165, 1.54) is 19.3 Å². The van der Waals surface area contributed by atoms with Crippen LogP contribution < -0.4 is 5.48 Å². The molecule has 0 aliphatic heterocycles. The molecule has 0 saturated heterocycles. The summed E-state index contributed by atoms with van der Waals surface area (Å²) in [6, 6.07) is 0.392. The Hall–Kier alpha value is -0.120. The van der Waals surface area contributed by atoms with Crippen molar-refractivity contribution in [1.82, 2.24) is 5.48 Å². The van der Waals surface area contributed by atoms with Crippen molar-refractivity contribution in [3.05, 3.63) is 0 Å². The monoisotopic (exact) mass is 173 g/mol. The second kappa shape index (κ2) is 5.51. The number of nitrogens with one attached hydrogen (secondary N) is 1. The number of rotatable bonds is 4. The molecule has 1 aliphatic carbocycles. The molecule has 1 rings (SSSR count). The lowest BCUT2D eigenvalue weighted by Gasteiger charge is -2.30. The maximum Gasteiger partial charge on any atom is 0.0747 e. The lowest BCUT2D eigenvalue weighted by molar-refractivity contribution is -0.0459. The van der Waals surface area contributed by atoms with Crippen LogP contribution in [0.2, 0.25) is 0 Å². The highest BCUT2D eigenvalue weighted by Gasteiger charge is 2.24. The topological polar surface area (TPSA) is 30.5 Å². The molecule has 0 bridgehead atoms. The van der Waals surface area contributed by atoms with Gasteiger partial charge in [-0.2, -0.15) is 5.48 Å². The molecular weight excluding hydrogens is 154 g/mol. The molecule has 72 valence electrons. The highest BCUT2D eigenvalue weighted by Crippen LogP contribution is 2.20. The van der Waals surface area contributed by atoms with Crippen LogP contribution in [0.4, 0.5) is 0 Å². The fourth-order valence-corrected chi connectivity index (χ4v) is 1.70. The Labute approximate surface area is 74.4 Å². The average Bonchev–Trinajstić information content (AvgIpc) is 2.15. The lowest BCUT2D eigenvalue weighted by atomic mass is 9.93. The first-order valence-corrected chi connectivity index (χ1v) is 4.78. The first-order chi connectivity index (χ1) is 5.88. The zero-order chi connectivity index (χ0) is 8.81. The van der Waals surface area contributed by atoms with Crippen LogP contribution in [0.25, 0.3) is 0 Å². The van der Waals surface area contributed by atoms with Gasteiger partial charge in [0.2, 0.25) is 0 Å². The minimum absolute atomic E-state index is 0.338. The Balaban J connectivity index is 2.26. The number of hydrogen-bond acceptors (Lipinski definition) is 3. The van der Waals surface area contributed by atoms with Crippen molar-refractivity contribution >= 4 is 0 Å². The third kappa shape index (κ3) is 2.73. The molecule has 1 N–H and O–H groups in total. The summed E-state index contributed by atoms with van der Waals surface area (Å²) in [5.74, 6) is 0. The predicted octanol–water partition coefficient (Wildman–Crippen LogP) is 1.49. The average molecular weight is 173 g/mol. The summed E-state index contributed by atoms with van der Waals surface area (Å²) in [6.45, 7) is 2.70. The highest BCUT2D eigenvalue weighted by atomic mass is 16.6. The molecule has 0 aromatic heterocycles. The molecule has 1 fully saturated rings. The molecule has 0 aromatic rings. The van der Waals surface area contributed by atoms with E-state index < -0.39 is 0 Å². The van der Waals surface area contributed by atoms with E-state index in [0.29, 0.717) is 18.8 Å². The first-order valence-electron chi connectivity index (χ1n) is 4.78. The molecule has 0 spiro atoms. The number of ether oxygens (including phenoxy) is 1. The second-order valence-corrected chi connectivity index (χ2v) is 3.22. The Bertz CT molecular complexity index is 119. The van der Waals surface area contributed by atoms with Gasteiger partial charge in [-0.3, -0.25) is 0 Å². The van der Waals surface area contributed by atoms with E-state index in [4.69, 9.17) is 9.57 Å². The molecule has 1 aliphatic rings.